The molecule has 3 aromatic rings. The lowest BCUT2D eigenvalue weighted by Crippen LogP contribution is -2.61. The van der Waals surface area contributed by atoms with Crippen LogP contribution in [0.15, 0.2) is 72.8 Å². The number of nitro benzene ring substituents is 1. The van der Waals surface area contributed by atoms with Crippen molar-refractivity contribution in [3.8, 4) is 17.2 Å². The molecule has 158 valence electrons. The van der Waals surface area contributed by atoms with Gasteiger partial charge in [-0.15, -0.1) is 0 Å². The minimum Gasteiger partial charge on any atom is -0.493 e. The van der Waals surface area contributed by atoms with Crippen molar-refractivity contribution in [2.45, 2.75) is 12.1 Å². The number of para-hydroxylation sites is 1. The van der Waals surface area contributed by atoms with Crippen LogP contribution in [0.2, 0.25) is 0 Å². The summed E-state index contributed by atoms with van der Waals surface area (Å²) in [5.41, 5.74) is 1.08. The third-order valence-electron chi connectivity index (χ3n) is 5.12. The number of nitrogens with zero attached hydrogens (tertiary/aromatic N) is 2. The van der Waals surface area contributed by atoms with Crippen LogP contribution < -0.4 is 19.1 Å². The first-order valence-electron chi connectivity index (χ1n) is 9.54. The molecule has 0 bridgehead atoms. The Morgan fingerprint density at radius 2 is 1.65 bits per heavy atom. The van der Waals surface area contributed by atoms with Gasteiger partial charge in [0.2, 0.25) is 6.10 Å². The Morgan fingerprint density at radius 3 is 2.32 bits per heavy atom. The van der Waals surface area contributed by atoms with Crippen molar-refractivity contribution < 1.29 is 23.9 Å². The second kappa shape index (κ2) is 8.35. The summed E-state index contributed by atoms with van der Waals surface area (Å²) in [6.07, 6.45) is -0.792. The molecule has 0 saturated carbocycles. The van der Waals surface area contributed by atoms with Gasteiger partial charge in [0, 0.05) is 12.1 Å². The van der Waals surface area contributed by atoms with E-state index in [4.69, 9.17) is 14.2 Å². The fourth-order valence-corrected chi connectivity index (χ4v) is 3.63. The lowest BCUT2D eigenvalue weighted by molar-refractivity contribution is -0.384. The van der Waals surface area contributed by atoms with Gasteiger partial charge in [-0.1, -0.05) is 30.3 Å². The Kier molecular flexibility index (Phi) is 5.44. The highest BCUT2D eigenvalue weighted by atomic mass is 16.6. The maximum Gasteiger partial charge on any atom is 0.271 e. The first-order chi connectivity index (χ1) is 15.0. The molecule has 1 aliphatic rings. The molecule has 8 heteroatoms. The molecule has 1 amide bonds. The molecule has 4 rings (SSSR count). The number of anilines is 1. The number of carbonyl (C=O) groups excluding carboxylic acids is 1. The third-order valence-corrected chi connectivity index (χ3v) is 5.12. The number of β-lactam (4-membered cyclic amide) rings is 1. The number of hydrogen-bond acceptors (Lipinski definition) is 6. The molecular weight excluding hydrogens is 400 g/mol. The topological polar surface area (TPSA) is 91.1 Å². The Balaban J connectivity index is 1.75. The monoisotopic (exact) mass is 420 g/mol. The Morgan fingerprint density at radius 1 is 0.903 bits per heavy atom. The van der Waals surface area contributed by atoms with Gasteiger partial charge in [0.15, 0.2) is 11.5 Å². The SMILES string of the molecule is COc1ccc(C2C(Oc3ccccc3)C(=O)N2c2cccc([N+](=O)[O-])c2)cc1OC. The van der Waals surface area contributed by atoms with Crippen molar-refractivity contribution in [3.63, 3.8) is 0 Å². The first-order valence-corrected chi connectivity index (χ1v) is 9.54. The van der Waals surface area contributed by atoms with Gasteiger partial charge >= 0.3 is 0 Å². The van der Waals surface area contributed by atoms with Crippen LogP contribution in [0.25, 0.3) is 0 Å². The summed E-state index contributed by atoms with van der Waals surface area (Å²) in [6, 6.07) is 19.9. The number of carbonyl (C=O) groups is 1. The number of non-ortho nitro benzene ring substituents is 1. The van der Waals surface area contributed by atoms with Gasteiger partial charge in [0.1, 0.15) is 11.8 Å². The predicted octanol–water partition coefficient (Wildman–Crippen LogP) is 4.15. The zero-order chi connectivity index (χ0) is 22.0. The molecule has 3 aromatic carbocycles. The molecule has 1 aliphatic heterocycles. The van der Waals surface area contributed by atoms with Crippen molar-refractivity contribution in [1.82, 2.24) is 0 Å². The maximum absolute atomic E-state index is 13.1. The third kappa shape index (κ3) is 3.75. The van der Waals surface area contributed by atoms with E-state index in [0.29, 0.717) is 22.9 Å². The molecule has 2 atom stereocenters. The summed E-state index contributed by atoms with van der Waals surface area (Å²) in [5, 5.41) is 11.2. The summed E-state index contributed by atoms with van der Waals surface area (Å²) < 4.78 is 16.7. The van der Waals surface area contributed by atoms with Gasteiger partial charge in [0.25, 0.3) is 11.6 Å². The number of rotatable bonds is 7. The lowest BCUT2D eigenvalue weighted by atomic mass is 9.89. The average molecular weight is 420 g/mol. The quantitative estimate of drug-likeness (QED) is 0.324. The van der Waals surface area contributed by atoms with E-state index in [1.165, 1.54) is 24.1 Å². The fraction of sp³-hybridized carbons (Fsp3) is 0.174. The van der Waals surface area contributed by atoms with E-state index in [0.717, 1.165) is 5.56 Å². The van der Waals surface area contributed by atoms with Crippen molar-refractivity contribution in [3.05, 3.63) is 88.5 Å². The van der Waals surface area contributed by atoms with Crippen LogP contribution in [0.5, 0.6) is 17.2 Å². The molecule has 1 saturated heterocycles. The van der Waals surface area contributed by atoms with Gasteiger partial charge in [-0.2, -0.15) is 0 Å². The zero-order valence-corrected chi connectivity index (χ0v) is 16.9. The van der Waals surface area contributed by atoms with E-state index >= 15 is 0 Å². The number of benzene rings is 3. The zero-order valence-electron chi connectivity index (χ0n) is 16.9. The van der Waals surface area contributed by atoms with Gasteiger partial charge in [0.05, 0.1) is 24.8 Å². The van der Waals surface area contributed by atoms with E-state index in [1.807, 2.05) is 24.3 Å². The highest BCUT2D eigenvalue weighted by Crippen LogP contribution is 2.44. The fourth-order valence-electron chi connectivity index (χ4n) is 3.63. The second-order valence-corrected chi connectivity index (χ2v) is 6.90. The normalized spacial score (nSPS) is 17.6. The van der Waals surface area contributed by atoms with Crippen LogP contribution >= 0.6 is 0 Å². The van der Waals surface area contributed by atoms with Gasteiger partial charge in [-0.05, 0) is 35.9 Å². The summed E-state index contributed by atoms with van der Waals surface area (Å²) in [5.74, 6) is 1.34. The number of nitro groups is 1. The number of methoxy groups -OCH3 is 2. The molecule has 8 nitrogen and oxygen atoms in total. The molecule has 0 aliphatic carbocycles. The van der Waals surface area contributed by atoms with E-state index in [-0.39, 0.29) is 11.6 Å². The van der Waals surface area contributed by atoms with Crippen LogP contribution in [0.3, 0.4) is 0 Å². The molecule has 0 radical (unpaired) electrons. The highest BCUT2D eigenvalue weighted by molar-refractivity contribution is 6.05. The molecule has 1 heterocycles. The summed E-state index contributed by atoms with van der Waals surface area (Å²) >= 11 is 0. The molecule has 31 heavy (non-hydrogen) atoms. The van der Waals surface area contributed by atoms with E-state index in [1.54, 1.807) is 43.5 Å². The van der Waals surface area contributed by atoms with Crippen LogP contribution in [0.1, 0.15) is 11.6 Å². The smallest absolute Gasteiger partial charge is 0.271 e. The minimum atomic E-state index is -0.792. The number of hydrogen-bond donors (Lipinski definition) is 0. The van der Waals surface area contributed by atoms with Crippen molar-refractivity contribution >= 4 is 17.3 Å². The molecule has 0 spiro atoms. The maximum atomic E-state index is 13.1. The highest BCUT2D eigenvalue weighted by Gasteiger charge is 2.51. The predicted molar refractivity (Wildman–Crippen MR) is 114 cm³/mol. The van der Waals surface area contributed by atoms with Crippen LogP contribution in [0, 0.1) is 10.1 Å². The average Bonchev–Trinajstić information content (AvgIpc) is 2.81. The second-order valence-electron chi connectivity index (χ2n) is 6.90. The largest absolute Gasteiger partial charge is 0.493 e. The van der Waals surface area contributed by atoms with Crippen molar-refractivity contribution in [2.24, 2.45) is 0 Å². The van der Waals surface area contributed by atoms with Gasteiger partial charge in [-0.3, -0.25) is 19.8 Å². The number of ether oxygens (including phenoxy) is 3. The standard InChI is InChI=1S/C23H20N2O6/c1-29-19-12-11-15(13-20(19)30-2)21-22(31-18-9-4-3-5-10-18)23(26)24(21)16-7-6-8-17(14-16)25(27)28/h3-14,21-22H,1-2H3. The van der Waals surface area contributed by atoms with E-state index < -0.39 is 17.1 Å². The van der Waals surface area contributed by atoms with E-state index in [2.05, 4.69) is 0 Å². The molecule has 0 N–H and O–H groups in total. The van der Waals surface area contributed by atoms with Gasteiger partial charge in [-0.25, -0.2) is 0 Å². The Hall–Kier alpha value is -4.07. The van der Waals surface area contributed by atoms with Crippen LogP contribution in [-0.4, -0.2) is 31.2 Å². The Bertz CT molecular complexity index is 1120. The molecular formula is C23H20N2O6. The molecule has 0 aromatic heterocycles. The summed E-state index contributed by atoms with van der Waals surface area (Å²) in [4.78, 5) is 25.3. The molecule has 2 unspecified atom stereocenters. The summed E-state index contributed by atoms with van der Waals surface area (Å²) in [6.45, 7) is 0. The lowest BCUT2D eigenvalue weighted by Gasteiger charge is -2.46. The van der Waals surface area contributed by atoms with Crippen LogP contribution in [0.4, 0.5) is 11.4 Å². The summed E-state index contributed by atoms with van der Waals surface area (Å²) in [7, 11) is 3.07. The number of amides is 1. The first kappa shape index (κ1) is 20.2. The Labute approximate surface area is 178 Å². The van der Waals surface area contributed by atoms with Crippen molar-refractivity contribution in [1.29, 1.82) is 0 Å². The molecule has 1 fully saturated rings. The van der Waals surface area contributed by atoms with E-state index in [9.17, 15) is 14.9 Å². The van der Waals surface area contributed by atoms with Crippen molar-refractivity contribution in [2.75, 3.05) is 19.1 Å². The van der Waals surface area contributed by atoms with Gasteiger partial charge < -0.3 is 14.2 Å². The van der Waals surface area contributed by atoms with Crippen LogP contribution in [-0.2, 0) is 4.79 Å². The minimum absolute atomic E-state index is 0.0937.